The van der Waals surface area contributed by atoms with E-state index in [2.05, 4.69) is 38.7 Å². The minimum absolute atomic E-state index is 0. The van der Waals surface area contributed by atoms with E-state index in [0.717, 1.165) is 6.54 Å². The van der Waals surface area contributed by atoms with Crippen LogP contribution in [0.3, 0.4) is 0 Å². The topological polar surface area (TPSA) is 82.6 Å². The van der Waals surface area contributed by atoms with Crippen molar-refractivity contribution in [1.29, 1.82) is 0 Å². The molecule has 0 bridgehead atoms. The highest BCUT2D eigenvalue weighted by Crippen LogP contribution is 2.19. The number of nitrogens with zero attached hydrogens (tertiary/aromatic N) is 1. The van der Waals surface area contributed by atoms with Crippen molar-refractivity contribution in [3.8, 4) is 0 Å². The minimum Gasteiger partial charge on any atom is -0.356 e. The van der Waals surface area contributed by atoms with Crippen LogP contribution in [-0.2, 0) is 10.0 Å². The van der Waals surface area contributed by atoms with Gasteiger partial charge >= 0.3 is 0 Å². The van der Waals surface area contributed by atoms with Crippen molar-refractivity contribution in [2.24, 2.45) is 4.99 Å². The Labute approximate surface area is 176 Å². The molecule has 3 N–H and O–H groups in total. The summed E-state index contributed by atoms with van der Waals surface area (Å²) in [5.74, 6) is 1.04. The summed E-state index contributed by atoms with van der Waals surface area (Å²) in [7, 11) is -1.78. The Kier molecular flexibility index (Phi) is 10.1. The maximum absolute atomic E-state index is 12.1. The first-order valence-corrected chi connectivity index (χ1v) is 10.4. The molecule has 1 unspecified atom stereocenters. The van der Waals surface area contributed by atoms with Gasteiger partial charge in [-0.1, -0.05) is 31.2 Å². The minimum atomic E-state index is -3.47. The van der Waals surface area contributed by atoms with Gasteiger partial charge in [-0.2, -0.15) is 0 Å². The van der Waals surface area contributed by atoms with E-state index in [0.29, 0.717) is 18.4 Å². The van der Waals surface area contributed by atoms with Crippen LogP contribution in [0.1, 0.15) is 17.7 Å². The van der Waals surface area contributed by atoms with Gasteiger partial charge in [0.2, 0.25) is 10.0 Å². The van der Waals surface area contributed by atoms with Crippen LogP contribution in [0.5, 0.6) is 0 Å². The summed E-state index contributed by atoms with van der Waals surface area (Å²) in [6, 6.07) is 12.5. The van der Waals surface area contributed by atoms with Gasteiger partial charge in [-0.3, -0.25) is 4.99 Å². The molecule has 1 aromatic heterocycles. The van der Waals surface area contributed by atoms with E-state index in [-0.39, 0.29) is 35.4 Å². The molecule has 144 valence electrons. The standard InChI is InChI=1S/C17H24N4O2S2.HI/c1-14(16-9-6-12-24-16)13-20-17(18-2)19-10-11-21-25(22,23)15-7-4-3-5-8-15;/h3-9,12,14,21H,10-11,13H2,1-2H3,(H2,18,19,20);1H. The Balaban J connectivity index is 0.00000338. The zero-order valence-electron chi connectivity index (χ0n) is 14.8. The molecule has 2 rings (SSSR count). The van der Waals surface area contributed by atoms with Gasteiger partial charge in [0.1, 0.15) is 0 Å². The van der Waals surface area contributed by atoms with Crippen molar-refractivity contribution in [2.75, 3.05) is 26.7 Å². The smallest absolute Gasteiger partial charge is 0.240 e. The van der Waals surface area contributed by atoms with Gasteiger partial charge in [0.25, 0.3) is 0 Å². The number of aliphatic imine (C=N–C) groups is 1. The molecular formula is C17H25IN4O2S2. The van der Waals surface area contributed by atoms with Crippen molar-refractivity contribution < 1.29 is 8.42 Å². The lowest BCUT2D eigenvalue weighted by Gasteiger charge is -2.15. The molecule has 0 aliphatic rings. The number of hydrogen-bond donors (Lipinski definition) is 3. The summed E-state index contributed by atoms with van der Waals surface area (Å²) < 4.78 is 26.8. The quantitative estimate of drug-likeness (QED) is 0.222. The molecular weight excluding hydrogens is 483 g/mol. The Bertz CT molecular complexity index is 765. The lowest BCUT2D eigenvalue weighted by atomic mass is 10.1. The molecule has 0 radical (unpaired) electrons. The second-order valence-electron chi connectivity index (χ2n) is 5.51. The Morgan fingerprint density at radius 3 is 2.46 bits per heavy atom. The van der Waals surface area contributed by atoms with E-state index in [9.17, 15) is 8.42 Å². The largest absolute Gasteiger partial charge is 0.356 e. The van der Waals surface area contributed by atoms with E-state index in [4.69, 9.17) is 0 Å². The van der Waals surface area contributed by atoms with Crippen LogP contribution in [0.2, 0.25) is 0 Å². The average molecular weight is 508 g/mol. The molecule has 6 nitrogen and oxygen atoms in total. The first-order valence-electron chi connectivity index (χ1n) is 8.05. The normalized spacial score (nSPS) is 12.9. The van der Waals surface area contributed by atoms with E-state index in [1.807, 2.05) is 6.07 Å². The first-order chi connectivity index (χ1) is 12.0. The Morgan fingerprint density at radius 2 is 1.85 bits per heavy atom. The maximum atomic E-state index is 12.1. The molecule has 0 amide bonds. The van der Waals surface area contributed by atoms with Gasteiger partial charge in [0.15, 0.2) is 5.96 Å². The van der Waals surface area contributed by atoms with Crippen LogP contribution < -0.4 is 15.4 Å². The number of rotatable bonds is 8. The summed E-state index contributed by atoms with van der Waals surface area (Å²) in [6.45, 7) is 3.63. The van der Waals surface area contributed by atoms with Gasteiger partial charge in [0, 0.05) is 37.5 Å². The highest BCUT2D eigenvalue weighted by atomic mass is 127. The summed E-state index contributed by atoms with van der Waals surface area (Å²) in [6.07, 6.45) is 0. The third-order valence-corrected chi connectivity index (χ3v) is 6.17. The molecule has 1 heterocycles. The van der Waals surface area contributed by atoms with Crippen molar-refractivity contribution in [2.45, 2.75) is 17.7 Å². The molecule has 0 saturated heterocycles. The number of thiophene rings is 1. The van der Waals surface area contributed by atoms with Gasteiger partial charge in [-0.25, -0.2) is 13.1 Å². The molecule has 0 fully saturated rings. The summed E-state index contributed by atoms with van der Waals surface area (Å²) >= 11 is 1.74. The lowest BCUT2D eigenvalue weighted by Crippen LogP contribution is -2.42. The van der Waals surface area contributed by atoms with E-state index in [1.165, 1.54) is 4.88 Å². The number of guanidine groups is 1. The van der Waals surface area contributed by atoms with Crippen LogP contribution in [0.15, 0.2) is 57.7 Å². The van der Waals surface area contributed by atoms with E-state index in [1.54, 1.807) is 48.7 Å². The average Bonchev–Trinajstić information content (AvgIpc) is 3.16. The molecule has 2 aromatic rings. The fourth-order valence-corrected chi connectivity index (χ4v) is 4.03. The highest BCUT2D eigenvalue weighted by Gasteiger charge is 2.12. The van der Waals surface area contributed by atoms with E-state index < -0.39 is 10.0 Å². The fourth-order valence-electron chi connectivity index (χ4n) is 2.19. The predicted molar refractivity (Wildman–Crippen MR) is 119 cm³/mol. The van der Waals surface area contributed by atoms with Gasteiger partial charge in [-0.15, -0.1) is 35.3 Å². The Morgan fingerprint density at radius 1 is 1.12 bits per heavy atom. The molecule has 0 aliphatic heterocycles. The van der Waals surface area contributed by atoms with Crippen LogP contribution in [-0.4, -0.2) is 41.1 Å². The second-order valence-corrected chi connectivity index (χ2v) is 8.25. The first kappa shape index (κ1) is 22.9. The van der Waals surface area contributed by atoms with Crippen molar-refractivity contribution in [1.82, 2.24) is 15.4 Å². The van der Waals surface area contributed by atoms with Crippen LogP contribution in [0.4, 0.5) is 0 Å². The summed E-state index contributed by atoms with van der Waals surface area (Å²) in [5, 5.41) is 8.43. The number of benzene rings is 1. The predicted octanol–water partition coefficient (Wildman–Crippen LogP) is 2.61. The van der Waals surface area contributed by atoms with Crippen LogP contribution >= 0.6 is 35.3 Å². The van der Waals surface area contributed by atoms with Gasteiger partial charge < -0.3 is 10.6 Å². The van der Waals surface area contributed by atoms with Gasteiger partial charge in [0.05, 0.1) is 4.90 Å². The van der Waals surface area contributed by atoms with E-state index >= 15 is 0 Å². The van der Waals surface area contributed by atoms with Gasteiger partial charge in [-0.05, 0) is 23.6 Å². The maximum Gasteiger partial charge on any atom is 0.240 e. The SMILES string of the molecule is CN=C(NCCNS(=O)(=O)c1ccccc1)NCC(C)c1cccs1.I. The number of halogens is 1. The molecule has 1 atom stereocenters. The number of sulfonamides is 1. The fraction of sp³-hybridized carbons (Fsp3) is 0.353. The van der Waals surface area contributed by atoms with Crippen molar-refractivity contribution in [3.63, 3.8) is 0 Å². The Hall–Kier alpha value is -1.17. The third-order valence-electron chi connectivity index (χ3n) is 3.59. The zero-order valence-corrected chi connectivity index (χ0v) is 18.8. The highest BCUT2D eigenvalue weighted by molar-refractivity contribution is 14.0. The monoisotopic (exact) mass is 508 g/mol. The molecule has 9 heteroatoms. The summed E-state index contributed by atoms with van der Waals surface area (Å²) in [4.78, 5) is 5.74. The van der Waals surface area contributed by atoms with Crippen LogP contribution in [0, 0.1) is 0 Å². The molecule has 1 aromatic carbocycles. The number of nitrogens with one attached hydrogen (secondary N) is 3. The molecule has 26 heavy (non-hydrogen) atoms. The lowest BCUT2D eigenvalue weighted by molar-refractivity contribution is 0.580. The number of hydrogen-bond acceptors (Lipinski definition) is 4. The van der Waals surface area contributed by atoms with Crippen LogP contribution in [0.25, 0.3) is 0 Å². The summed E-state index contributed by atoms with van der Waals surface area (Å²) in [5.41, 5.74) is 0. The third kappa shape index (κ3) is 7.22. The molecule has 0 spiro atoms. The second kappa shape index (κ2) is 11.5. The van der Waals surface area contributed by atoms with Crippen molar-refractivity contribution >= 4 is 51.3 Å². The zero-order chi connectivity index (χ0) is 18.1. The van der Waals surface area contributed by atoms with Crippen molar-refractivity contribution in [3.05, 3.63) is 52.7 Å². The molecule has 0 saturated carbocycles. The molecule has 0 aliphatic carbocycles.